The maximum Gasteiger partial charge on any atom is 0.254 e. The average Bonchev–Trinajstić information content (AvgIpc) is 2.89. The molecule has 0 saturated carbocycles. The summed E-state index contributed by atoms with van der Waals surface area (Å²) in [6.07, 6.45) is 0.398. The molecule has 1 aliphatic heterocycles. The van der Waals surface area contributed by atoms with E-state index in [1.165, 1.54) is 16.4 Å². The first-order valence-electron chi connectivity index (χ1n) is 11.7. The second kappa shape index (κ2) is 10.4. The highest BCUT2D eigenvalue weighted by Gasteiger charge is 2.35. The number of nitrogens with zero attached hydrogens (tertiary/aromatic N) is 2. The van der Waals surface area contributed by atoms with Gasteiger partial charge >= 0.3 is 0 Å². The molecule has 0 bridgehead atoms. The number of amides is 2. The van der Waals surface area contributed by atoms with Gasteiger partial charge < -0.3 is 10.2 Å². The number of carbonyl (C=O) groups excluding carboxylic acids is 2. The van der Waals surface area contributed by atoms with E-state index < -0.39 is 16.1 Å². The molecule has 1 heterocycles. The maximum atomic E-state index is 13.4. The minimum absolute atomic E-state index is 0.173. The van der Waals surface area contributed by atoms with Crippen LogP contribution in [-0.2, 0) is 27.8 Å². The Morgan fingerprint density at radius 2 is 1.49 bits per heavy atom. The Bertz CT molecular complexity index is 1300. The number of anilines is 1. The number of nitrogens with one attached hydrogen (secondary N) is 1. The maximum absolute atomic E-state index is 13.4. The fourth-order valence-electron chi connectivity index (χ4n) is 4.37. The summed E-state index contributed by atoms with van der Waals surface area (Å²) in [6.45, 7) is 4.68. The quantitative estimate of drug-likeness (QED) is 0.543. The third-order valence-electron chi connectivity index (χ3n) is 6.30. The molecule has 0 saturated heterocycles. The normalized spacial score (nSPS) is 15.5. The summed E-state index contributed by atoms with van der Waals surface area (Å²) in [5, 5.41) is 2.87. The number of benzene rings is 3. The predicted molar refractivity (Wildman–Crippen MR) is 135 cm³/mol. The lowest BCUT2D eigenvalue weighted by atomic mass is 9.92. The van der Waals surface area contributed by atoms with Crippen molar-refractivity contribution in [3.8, 4) is 0 Å². The molecule has 3 aromatic rings. The molecule has 0 unspecified atom stereocenters. The van der Waals surface area contributed by atoms with Gasteiger partial charge in [-0.3, -0.25) is 9.59 Å². The number of fused-ring (bicyclic) bond motifs is 1. The minimum atomic E-state index is -3.58. The molecular formula is C27H29N3O4S. The molecule has 0 aromatic heterocycles. The summed E-state index contributed by atoms with van der Waals surface area (Å²) in [4.78, 5) is 28.5. The molecule has 3 aromatic carbocycles. The van der Waals surface area contributed by atoms with Gasteiger partial charge in [-0.05, 0) is 47.5 Å². The zero-order valence-corrected chi connectivity index (χ0v) is 20.7. The number of rotatable bonds is 7. The molecule has 0 aliphatic carbocycles. The van der Waals surface area contributed by atoms with Crippen LogP contribution < -0.4 is 5.32 Å². The summed E-state index contributed by atoms with van der Waals surface area (Å²) >= 11 is 0. The Labute approximate surface area is 206 Å². The highest BCUT2D eigenvalue weighted by atomic mass is 32.2. The molecule has 7 nitrogen and oxygen atoms in total. The van der Waals surface area contributed by atoms with Crippen molar-refractivity contribution in [2.75, 3.05) is 18.4 Å². The smallest absolute Gasteiger partial charge is 0.254 e. The van der Waals surface area contributed by atoms with E-state index in [0.29, 0.717) is 37.3 Å². The van der Waals surface area contributed by atoms with Gasteiger partial charge in [0.25, 0.3) is 5.91 Å². The van der Waals surface area contributed by atoms with Crippen LogP contribution in [0, 0.1) is 0 Å². The van der Waals surface area contributed by atoms with Gasteiger partial charge in [0.05, 0.1) is 4.90 Å². The third-order valence-corrected chi connectivity index (χ3v) is 8.36. The Morgan fingerprint density at radius 3 is 2.11 bits per heavy atom. The van der Waals surface area contributed by atoms with Gasteiger partial charge in [0, 0.05) is 37.3 Å². The molecule has 8 heteroatoms. The Hall–Kier alpha value is -3.49. The van der Waals surface area contributed by atoms with Crippen LogP contribution in [0.1, 0.15) is 35.3 Å². The molecule has 0 radical (unpaired) electrons. The van der Waals surface area contributed by atoms with Crippen molar-refractivity contribution in [3.63, 3.8) is 0 Å². The number of sulfonamides is 1. The van der Waals surface area contributed by atoms with Gasteiger partial charge in [0.2, 0.25) is 15.9 Å². The average molecular weight is 492 g/mol. The third kappa shape index (κ3) is 5.13. The van der Waals surface area contributed by atoms with Crippen LogP contribution in [0.3, 0.4) is 0 Å². The number of hydrogen-bond donors (Lipinski definition) is 1. The minimum Gasteiger partial charge on any atom is -0.324 e. The van der Waals surface area contributed by atoms with E-state index in [1.807, 2.05) is 30.3 Å². The zero-order valence-electron chi connectivity index (χ0n) is 19.8. The van der Waals surface area contributed by atoms with Gasteiger partial charge in [0.1, 0.15) is 6.04 Å². The lowest BCUT2D eigenvalue weighted by Crippen LogP contribution is -2.50. The van der Waals surface area contributed by atoms with Gasteiger partial charge in [0.15, 0.2) is 0 Å². The molecule has 182 valence electrons. The molecule has 35 heavy (non-hydrogen) atoms. The summed E-state index contributed by atoms with van der Waals surface area (Å²) in [6, 6.07) is 22.2. The zero-order chi connectivity index (χ0) is 25.0. The van der Waals surface area contributed by atoms with Crippen molar-refractivity contribution in [3.05, 3.63) is 95.6 Å². The van der Waals surface area contributed by atoms with Crippen molar-refractivity contribution >= 4 is 27.5 Å². The first kappa shape index (κ1) is 24.6. The van der Waals surface area contributed by atoms with E-state index in [9.17, 15) is 18.0 Å². The summed E-state index contributed by atoms with van der Waals surface area (Å²) in [5.74, 6) is -0.524. The summed E-state index contributed by atoms with van der Waals surface area (Å²) in [5.41, 5.74) is 3.05. The monoisotopic (exact) mass is 491 g/mol. The largest absolute Gasteiger partial charge is 0.324 e. The first-order chi connectivity index (χ1) is 16.8. The van der Waals surface area contributed by atoms with E-state index in [0.717, 1.165) is 11.1 Å². The Balaban J connectivity index is 1.57. The molecular weight excluding hydrogens is 462 g/mol. The van der Waals surface area contributed by atoms with E-state index in [1.54, 1.807) is 55.1 Å². The van der Waals surface area contributed by atoms with Gasteiger partial charge in [-0.1, -0.05) is 56.3 Å². The van der Waals surface area contributed by atoms with Crippen LogP contribution in [0.15, 0.2) is 83.8 Å². The molecule has 2 amide bonds. The topological polar surface area (TPSA) is 86.8 Å². The number of carbonyl (C=O) groups is 2. The molecule has 1 N–H and O–H groups in total. The lowest BCUT2D eigenvalue weighted by Gasteiger charge is -2.36. The van der Waals surface area contributed by atoms with E-state index in [-0.39, 0.29) is 16.7 Å². The standard InChI is InChI=1S/C27H29N3O4S/c1-3-29(4-2)35(33,34)24-16-14-23(15-17-24)28-26(31)25-18-21-12-8-9-13-22(21)19-30(25)27(32)20-10-6-5-7-11-20/h5-17,25H,3-4,18-19H2,1-2H3,(H,28,31)/t25-/m1/s1. The molecule has 4 rings (SSSR count). The highest BCUT2D eigenvalue weighted by Crippen LogP contribution is 2.26. The second-order valence-corrected chi connectivity index (χ2v) is 10.3. The van der Waals surface area contributed by atoms with Crippen molar-refractivity contribution in [2.45, 2.75) is 37.8 Å². The van der Waals surface area contributed by atoms with Gasteiger partial charge in [-0.2, -0.15) is 4.31 Å². The Morgan fingerprint density at radius 1 is 0.886 bits per heavy atom. The lowest BCUT2D eigenvalue weighted by molar-refractivity contribution is -0.121. The first-order valence-corrected chi connectivity index (χ1v) is 13.1. The molecule has 1 atom stereocenters. The molecule has 0 spiro atoms. The van der Waals surface area contributed by atoms with E-state index in [4.69, 9.17) is 0 Å². The Kier molecular flexibility index (Phi) is 7.33. The van der Waals surface area contributed by atoms with Gasteiger partial charge in [-0.25, -0.2) is 8.42 Å². The fourth-order valence-corrected chi connectivity index (χ4v) is 5.82. The summed E-state index contributed by atoms with van der Waals surface area (Å²) in [7, 11) is -3.58. The van der Waals surface area contributed by atoms with Crippen LogP contribution in [0.4, 0.5) is 5.69 Å². The predicted octanol–water partition coefficient (Wildman–Crippen LogP) is 3.92. The van der Waals surface area contributed by atoms with Crippen molar-refractivity contribution in [2.24, 2.45) is 0 Å². The van der Waals surface area contributed by atoms with Crippen LogP contribution in [0.2, 0.25) is 0 Å². The second-order valence-electron chi connectivity index (χ2n) is 8.39. The molecule has 1 aliphatic rings. The van der Waals surface area contributed by atoms with E-state index >= 15 is 0 Å². The van der Waals surface area contributed by atoms with Crippen molar-refractivity contribution in [1.82, 2.24) is 9.21 Å². The van der Waals surface area contributed by atoms with Crippen LogP contribution >= 0.6 is 0 Å². The van der Waals surface area contributed by atoms with Crippen LogP contribution in [-0.4, -0.2) is 48.6 Å². The fraction of sp³-hybridized carbons (Fsp3) is 0.259. The van der Waals surface area contributed by atoms with Crippen LogP contribution in [0.25, 0.3) is 0 Å². The van der Waals surface area contributed by atoms with Crippen molar-refractivity contribution < 1.29 is 18.0 Å². The van der Waals surface area contributed by atoms with Crippen molar-refractivity contribution in [1.29, 1.82) is 0 Å². The summed E-state index contributed by atoms with van der Waals surface area (Å²) < 4.78 is 26.9. The van der Waals surface area contributed by atoms with Gasteiger partial charge in [-0.15, -0.1) is 0 Å². The number of hydrogen-bond acceptors (Lipinski definition) is 4. The van der Waals surface area contributed by atoms with Crippen LogP contribution in [0.5, 0.6) is 0 Å². The molecule has 0 fully saturated rings. The highest BCUT2D eigenvalue weighted by molar-refractivity contribution is 7.89. The van der Waals surface area contributed by atoms with E-state index in [2.05, 4.69) is 5.32 Å². The SMILES string of the molecule is CCN(CC)S(=O)(=O)c1ccc(NC(=O)[C@H]2Cc3ccccc3CN2C(=O)c2ccccc2)cc1.